The van der Waals surface area contributed by atoms with E-state index in [0.717, 1.165) is 31.2 Å². The van der Waals surface area contributed by atoms with Crippen molar-refractivity contribution < 1.29 is 9.59 Å². The van der Waals surface area contributed by atoms with Gasteiger partial charge in [0.1, 0.15) is 5.82 Å². The fourth-order valence-corrected chi connectivity index (χ4v) is 4.71. The number of amides is 2. The van der Waals surface area contributed by atoms with Gasteiger partial charge in [0.25, 0.3) is 0 Å². The number of hydrogen-bond donors (Lipinski definition) is 2. The molecule has 2 atom stereocenters. The number of piperidine rings is 1. The van der Waals surface area contributed by atoms with Gasteiger partial charge in [0.2, 0.25) is 0 Å². The van der Waals surface area contributed by atoms with Gasteiger partial charge in [-0.25, -0.2) is 4.98 Å². The Morgan fingerprint density at radius 2 is 1.96 bits per heavy atom. The third kappa shape index (κ3) is 4.09. The molecular formula is C21H32N4O2. The molecule has 3 N–H and O–H groups in total. The fraction of sp³-hybridized carbons (Fsp3) is 0.667. The van der Waals surface area contributed by atoms with Gasteiger partial charge in [-0.05, 0) is 63.0 Å². The van der Waals surface area contributed by atoms with Gasteiger partial charge >= 0.3 is 11.8 Å². The van der Waals surface area contributed by atoms with E-state index in [1.807, 2.05) is 11.8 Å². The zero-order valence-corrected chi connectivity index (χ0v) is 16.8. The number of anilines is 2. The largest absolute Gasteiger partial charge is 0.383 e. The van der Waals surface area contributed by atoms with E-state index in [4.69, 9.17) is 5.73 Å². The number of carbonyl (C=O) groups is 2. The highest BCUT2D eigenvalue weighted by Gasteiger charge is 2.46. The molecule has 3 rings (SSSR count). The lowest BCUT2D eigenvalue weighted by atomic mass is 9.69. The second-order valence-electron chi connectivity index (χ2n) is 8.63. The molecule has 6 heteroatoms. The van der Waals surface area contributed by atoms with E-state index in [1.54, 1.807) is 6.07 Å². The molecule has 6 nitrogen and oxygen atoms in total. The van der Waals surface area contributed by atoms with Crippen LogP contribution < -0.4 is 11.1 Å². The third-order valence-corrected chi connectivity index (χ3v) is 6.55. The Kier molecular flexibility index (Phi) is 5.72. The van der Waals surface area contributed by atoms with Crippen molar-refractivity contribution in [2.75, 3.05) is 17.6 Å². The number of rotatable bonds is 2. The van der Waals surface area contributed by atoms with E-state index in [1.165, 1.54) is 25.5 Å². The Hall–Kier alpha value is -2.11. The summed E-state index contributed by atoms with van der Waals surface area (Å²) in [4.78, 5) is 31.8. The van der Waals surface area contributed by atoms with Crippen LogP contribution in [0.15, 0.2) is 12.3 Å². The van der Waals surface area contributed by atoms with Crippen molar-refractivity contribution in [3.63, 3.8) is 0 Å². The van der Waals surface area contributed by atoms with Crippen LogP contribution in [0.5, 0.6) is 0 Å². The maximum atomic E-state index is 13.1. The van der Waals surface area contributed by atoms with E-state index in [9.17, 15) is 9.59 Å². The van der Waals surface area contributed by atoms with E-state index in [0.29, 0.717) is 29.9 Å². The zero-order valence-electron chi connectivity index (χ0n) is 16.8. The Balaban J connectivity index is 1.78. The number of aryl methyl sites for hydroxylation is 1. The Morgan fingerprint density at radius 3 is 2.63 bits per heavy atom. The summed E-state index contributed by atoms with van der Waals surface area (Å²) in [7, 11) is 0. The van der Waals surface area contributed by atoms with Crippen molar-refractivity contribution in [3.8, 4) is 0 Å². The lowest BCUT2D eigenvalue weighted by molar-refractivity contribution is -0.153. The van der Waals surface area contributed by atoms with Crippen LogP contribution in [0.2, 0.25) is 0 Å². The summed E-state index contributed by atoms with van der Waals surface area (Å²) < 4.78 is 0. The number of pyridine rings is 1. The lowest BCUT2D eigenvalue weighted by Gasteiger charge is -2.52. The van der Waals surface area contributed by atoms with Gasteiger partial charge in [0.15, 0.2) is 0 Å². The first kappa shape index (κ1) is 19.6. The molecule has 1 saturated carbocycles. The molecule has 2 aliphatic rings. The first-order valence-corrected chi connectivity index (χ1v) is 10.2. The Bertz CT molecular complexity index is 714. The predicted octanol–water partition coefficient (Wildman–Crippen LogP) is 3.51. The number of hydrogen-bond acceptors (Lipinski definition) is 4. The van der Waals surface area contributed by atoms with E-state index < -0.39 is 11.8 Å². The Morgan fingerprint density at radius 1 is 1.26 bits per heavy atom. The molecule has 1 saturated heterocycles. The quantitative estimate of drug-likeness (QED) is 0.778. The summed E-state index contributed by atoms with van der Waals surface area (Å²) >= 11 is 0. The van der Waals surface area contributed by atoms with Crippen molar-refractivity contribution in [3.05, 3.63) is 17.8 Å². The SMILES string of the molecule is Cc1cc(NC(=O)C(=O)N2C[C@@H](C)CC[C@@]2(C)C2CCCCC2)cnc1N. The van der Waals surface area contributed by atoms with Gasteiger partial charge in [-0.3, -0.25) is 9.59 Å². The van der Waals surface area contributed by atoms with Gasteiger partial charge < -0.3 is 16.0 Å². The molecule has 0 radical (unpaired) electrons. The van der Waals surface area contributed by atoms with Crippen LogP contribution in [-0.4, -0.2) is 33.8 Å². The van der Waals surface area contributed by atoms with Crippen LogP contribution in [0.1, 0.15) is 64.4 Å². The minimum Gasteiger partial charge on any atom is -0.383 e. The fourth-order valence-electron chi connectivity index (χ4n) is 4.71. The van der Waals surface area contributed by atoms with Gasteiger partial charge in [-0.1, -0.05) is 26.2 Å². The van der Waals surface area contributed by atoms with Crippen LogP contribution in [0.3, 0.4) is 0 Å². The molecule has 1 aromatic heterocycles. The summed E-state index contributed by atoms with van der Waals surface area (Å²) in [5.41, 5.74) is 6.79. The standard InChI is InChI=1S/C21H32N4O2/c1-14-9-10-21(3,16-7-5-4-6-8-16)25(13-14)20(27)19(26)24-17-11-15(2)18(22)23-12-17/h11-12,14,16H,4-10,13H2,1-3H3,(H2,22,23)(H,24,26)/t14-,21-/m0/s1. The van der Waals surface area contributed by atoms with Crippen molar-refractivity contribution in [2.24, 2.45) is 11.8 Å². The summed E-state index contributed by atoms with van der Waals surface area (Å²) in [5, 5.41) is 2.71. The lowest BCUT2D eigenvalue weighted by Crippen LogP contribution is -2.61. The van der Waals surface area contributed by atoms with Crippen LogP contribution in [0, 0.1) is 18.8 Å². The maximum Gasteiger partial charge on any atom is 0.313 e. The topological polar surface area (TPSA) is 88.3 Å². The van der Waals surface area contributed by atoms with Crippen LogP contribution >= 0.6 is 0 Å². The van der Waals surface area contributed by atoms with Crippen molar-refractivity contribution in [1.82, 2.24) is 9.88 Å². The highest BCUT2D eigenvalue weighted by atomic mass is 16.2. The molecule has 0 unspecified atom stereocenters. The number of nitrogens with zero attached hydrogens (tertiary/aromatic N) is 2. The molecule has 27 heavy (non-hydrogen) atoms. The van der Waals surface area contributed by atoms with Gasteiger partial charge in [0.05, 0.1) is 11.9 Å². The Labute approximate surface area is 161 Å². The molecule has 1 aliphatic carbocycles. The predicted molar refractivity (Wildman–Crippen MR) is 107 cm³/mol. The van der Waals surface area contributed by atoms with Crippen LogP contribution in [0.25, 0.3) is 0 Å². The summed E-state index contributed by atoms with van der Waals surface area (Å²) in [6, 6.07) is 1.74. The zero-order chi connectivity index (χ0) is 19.6. The average Bonchev–Trinajstić information content (AvgIpc) is 2.67. The smallest absolute Gasteiger partial charge is 0.313 e. The van der Waals surface area contributed by atoms with E-state index in [-0.39, 0.29) is 5.54 Å². The molecule has 2 fully saturated rings. The number of likely N-dealkylation sites (tertiary alicyclic amines) is 1. The second kappa shape index (κ2) is 7.87. The molecule has 1 aliphatic heterocycles. The molecule has 1 aromatic rings. The summed E-state index contributed by atoms with van der Waals surface area (Å²) in [6.07, 6.45) is 9.60. The third-order valence-electron chi connectivity index (χ3n) is 6.55. The van der Waals surface area contributed by atoms with Crippen molar-refractivity contribution in [1.29, 1.82) is 0 Å². The number of carbonyl (C=O) groups excluding carboxylic acids is 2. The number of nitrogen functional groups attached to an aromatic ring is 1. The van der Waals surface area contributed by atoms with Crippen LogP contribution in [-0.2, 0) is 9.59 Å². The highest BCUT2D eigenvalue weighted by Crippen LogP contribution is 2.43. The van der Waals surface area contributed by atoms with Crippen LogP contribution in [0.4, 0.5) is 11.5 Å². The molecular weight excluding hydrogens is 340 g/mol. The van der Waals surface area contributed by atoms with Crippen molar-refractivity contribution in [2.45, 2.75) is 71.3 Å². The first-order valence-electron chi connectivity index (χ1n) is 10.2. The molecule has 148 valence electrons. The molecule has 2 amide bonds. The minimum absolute atomic E-state index is 0.226. The minimum atomic E-state index is -0.586. The van der Waals surface area contributed by atoms with Gasteiger partial charge in [-0.15, -0.1) is 0 Å². The van der Waals surface area contributed by atoms with E-state index in [2.05, 4.69) is 24.1 Å². The molecule has 2 heterocycles. The summed E-state index contributed by atoms with van der Waals surface area (Å²) in [6.45, 7) is 6.82. The highest BCUT2D eigenvalue weighted by molar-refractivity contribution is 6.39. The number of aromatic nitrogens is 1. The second-order valence-corrected chi connectivity index (χ2v) is 8.63. The molecule has 0 spiro atoms. The maximum absolute atomic E-state index is 13.1. The number of nitrogens with two attached hydrogens (primary N) is 1. The molecule has 0 bridgehead atoms. The number of nitrogens with one attached hydrogen (secondary N) is 1. The van der Waals surface area contributed by atoms with E-state index >= 15 is 0 Å². The summed E-state index contributed by atoms with van der Waals surface area (Å²) in [5.74, 6) is 0.310. The van der Waals surface area contributed by atoms with Crippen molar-refractivity contribution >= 4 is 23.3 Å². The van der Waals surface area contributed by atoms with Gasteiger partial charge in [0, 0.05) is 12.1 Å². The first-order chi connectivity index (χ1) is 12.8. The van der Waals surface area contributed by atoms with Gasteiger partial charge in [-0.2, -0.15) is 0 Å². The molecule has 0 aromatic carbocycles. The average molecular weight is 373 g/mol. The monoisotopic (exact) mass is 372 g/mol. The normalized spacial score (nSPS) is 26.6.